The van der Waals surface area contributed by atoms with Gasteiger partial charge in [0.25, 0.3) is 0 Å². The van der Waals surface area contributed by atoms with Gasteiger partial charge >= 0.3 is 0 Å². The molecule has 2 aliphatic carbocycles. The second-order valence-electron chi connectivity index (χ2n) is 7.10. The number of allylic oxidation sites excluding steroid dienone is 1. The zero-order chi connectivity index (χ0) is 14.2. The Labute approximate surface area is 125 Å². The molecular formula is C19H32O. The average Bonchev–Trinajstić information content (AvgIpc) is 2.47. The van der Waals surface area contributed by atoms with Crippen LogP contribution < -0.4 is 0 Å². The Morgan fingerprint density at radius 2 is 1.65 bits per heavy atom. The van der Waals surface area contributed by atoms with Crippen LogP contribution in [-0.2, 0) is 4.79 Å². The van der Waals surface area contributed by atoms with E-state index in [9.17, 15) is 4.79 Å². The molecule has 2 aliphatic rings. The van der Waals surface area contributed by atoms with Crippen LogP contribution in [0.25, 0.3) is 0 Å². The number of Topliss-reactive ketones (excluding diaryl/α,β-unsaturated/α-hetero) is 1. The SMILES string of the molecule is C=CC[C@H]1CC[C@H](CCCCC2CCCCC2=O)CC1. The van der Waals surface area contributed by atoms with E-state index in [1.165, 1.54) is 70.6 Å². The molecule has 0 spiro atoms. The predicted molar refractivity (Wildman–Crippen MR) is 85.7 cm³/mol. The molecule has 20 heavy (non-hydrogen) atoms. The topological polar surface area (TPSA) is 17.1 Å². The van der Waals surface area contributed by atoms with Crippen molar-refractivity contribution in [2.24, 2.45) is 17.8 Å². The fourth-order valence-electron chi connectivity index (χ4n) is 4.18. The summed E-state index contributed by atoms with van der Waals surface area (Å²) in [6, 6.07) is 0. The number of hydrogen-bond acceptors (Lipinski definition) is 1. The number of ketones is 1. The lowest BCUT2D eigenvalue weighted by Gasteiger charge is -2.28. The van der Waals surface area contributed by atoms with Crippen molar-refractivity contribution in [3.05, 3.63) is 12.7 Å². The molecule has 0 heterocycles. The molecule has 0 aromatic heterocycles. The molecule has 1 atom stereocenters. The molecule has 0 saturated heterocycles. The monoisotopic (exact) mass is 276 g/mol. The summed E-state index contributed by atoms with van der Waals surface area (Å²) in [5.74, 6) is 2.87. The highest BCUT2D eigenvalue weighted by atomic mass is 16.1. The van der Waals surface area contributed by atoms with Gasteiger partial charge in [-0.1, -0.05) is 44.6 Å². The minimum Gasteiger partial charge on any atom is -0.299 e. The first-order chi connectivity index (χ1) is 9.79. The Kier molecular flexibility index (Phi) is 6.82. The molecule has 2 saturated carbocycles. The van der Waals surface area contributed by atoms with Gasteiger partial charge in [-0.3, -0.25) is 4.79 Å². The largest absolute Gasteiger partial charge is 0.299 e. The Hall–Kier alpha value is -0.590. The van der Waals surface area contributed by atoms with E-state index in [0.29, 0.717) is 11.7 Å². The summed E-state index contributed by atoms with van der Waals surface area (Å²) in [5.41, 5.74) is 0. The van der Waals surface area contributed by atoms with Gasteiger partial charge in [-0.15, -0.1) is 6.58 Å². The third kappa shape index (κ3) is 5.07. The summed E-state index contributed by atoms with van der Waals surface area (Å²) in [6.45, 7) is 3.86. The number of unbranched alkanes of at least 4 members (excludes halogenated alkanes) is 1. The Balaban J connectivity index is 1.53. The molecule has 0 aromatic rings. The summed E-state index contributed by atoms with van der Waals surface area (Å²) >= 11 is 0. The molecule has 1 nitrogen and oxygen atoms in total. The van der Waals surface area contributed by atoms with Crippen molar-refractivity contribution in [2.45, 2.75) is 83.5 Å². The van der Waals surface area contributed by atoms with E-state index in [-0.39, 0.29) is 0 Å². The van der Waals surface area contributed by atoms with Crippen molar-refractivity contribution in [3.8, 4) is 0 Å². The van der Waals surface area contributed by atoms with E-state index in [0.717, 1.165) is 24.7 Å². The van der Waals surface area contributed by atoms with Gasteiger partial charge in [0.15, 0.2) is 0 Å². The number of rotatable bonds is 7. The molecule has 1 heteroatoms. The maximum Gasteiger partial charge on any atom is 0.135 e. The summed E-state index contributed by atoms with van der Waals surface area (Å²) < 4.78 is 0. The smallest absolute Gasteiger partial charge is 0.135 e. The molecule has 1 unspecified atom stereocenters. The summed E-state index contributed by atoms with van der Waals surface area (Å²) in [4.78, 5) is 11.8. The van der Waals surface area contributed by atoms with Crippen LogP contribution in [0.15, 0.2) is 12.7 Å². The van der Waals surface area contributed by atoms with Crippen molar-refractivity contribution < 1.29 is 4.79 Å². The van der Waals surface area contributed by atoms with E-state index in [2.05, 4.69) is 12.7 Å². The fourth-order valence-corrected chi connectivity index (χ4v) is 4.18. The van der Waals surface area contributed by atoms with Crippen molar-refractivity contribution in [3.63, 3.8) is 0 Å². The van der Waals surface area contributed by atoms with Crippen molar-refractivity contribution in [2.75, 3.05) is 0 Å². The number of carbonyl (C=O) groups is 1. The van der Waals surface area contributed by atoms with Gasteiger partial charge in [0.1, 0.15) is 5.78 Å². The second-order valence-corrected chi connectivity index (χ2v) is 7.10. The molecule has 2 rings (SSSR count). The number of hydrogen-bond donors (Lipinski definition) is 0. The van der Waals surface area contributed by atoms with Crippen molar-refractivity contribution in [1.82, 2.24) is 0 Å². The Morgan fingerprint density at radius 3 is 2.35 bits per heavy atom. The molecule has 114 valence electrons. The van der Waals surface area contributed by atoms with Gasteiger partial charge < -0.3 is 0 Å². The zero-order valence-electron chi connectivity index (χ0n) is 13.1. The van der Waals surface area contributed by atoms with Crippen LogP contribution in [0.5, 0.6) is 0 Å². The van der Waals surface area contributed by atoms with Gasteiger partial charge in [0, 0.05) is 12.3 Å². The highest BCUT2D eigenvalue weighted by molar-refractivity contribution is 5.81. The standard InChI is InChI=1S/C19H32O/c1-2-7-16-12-14-17(15-13-16)8-3-4-9-18-10-5-6-11-19(18)20/h2,16-18H,1,3-15H2/t16-,17-,18?. The van der Waals surface area contributed by atoms with Gasteiger partial charge in [-0.05, 0) is 50.4 Å². The molecule has 0 N–H and O–H groups in total. The van der Waals surface area contributed by atoms with E-state index < -0.39 is 0 Å². The van der Waals surface area contributed by atoms with Crippen LogP contribution in [-0.4, -0.2) is 5.78 Å². The van der Waals surface area contributed by atoms with Crippen LogP contribution in [0.3, 0.4) is 0 Å². The van der Waals surface area contributed by atoms with Gasteiger partial charge in [-0.25, -0.2) is 0 Å². The first kappa shape index (κ1) is 15.8. The van der Waals surface area contributed by atoms with Gasteiger partial charge in [0.2, 0.25) is 0 Å². The van der Waals surface area contributed by atoms with Crippen LogP contribution in [0.2, 0.25) is 0 Å². The third-order valence-electron chi connectivity index (χ3n) is 5.56. The van der Waals surface area contributed by atoms with Gasteiger partial charge in [0.05, 0.1) is 0 Å². The zero-order valence-corrected chi connectivity index (χ0v) is 13.1. The quantitative estimate of drug-likeness (QED) is 0.431. The lowest BCUT2D eigenvalue weighted by atomic mass is 9.78. The van der Waals surface area contributed by atoms with E-state index in [1.807, 2.05) is 0 Å². The highest BCUT2D eigenvalue weighted by Crippen LogP contribution is 2.34. The summed E-state index contributed by atoms with van der Waals surface area (Å²) in [6.07, 6.45) is 18.7. The Bertz CT molecular complexity index is 299. The molecule has 0 radical (unpaired) electrons. The van der Waals surface area contributed by atoms with E-state index in [4.69, 9.17) is 0 Å². The molecule has 0 amide bonds. The molecular weight excluding hydrogens is 244 g/mol. The first-order valence-electron chi connectivity index (χ1n) is 8.93. The van der Waals surface area contributed by atoms with E-state index in [1.54, 1.807) is 0 Å². The maximum absolute atomic E-state index is 11.8. The molecule has 2 fully saturated rings. The molecule has 0 aliphatic heterocycles. The number of carbonyl (C=O) groups excluding carboxylic acids is 1. The lowest BCUT2D eigenvalue weighted by molar-refractivity contribution is -0.124. The maximum atomic E-state index is 11.8. The summed E-state index contributed by atoms with van der Waals surface area (Å²) in [7, 11) is 0. The predicted octanol–water partition coefficient (Wildman–Crippen LogP) is 5.69. The normalized spacial score (nSPS) is 31.2. The van der Waals surface area contributed by atoms with Crippen LogP contribution in [0.1, 0.15) is 83.5 Å². The van der Waals surface area contributed by atoms with Gasteiger partial charge in [-0.2, -0.15) is 0 Å². The van der Waals surface area contributed by atoms with Crippen molar-refractivity contribution in [1.29, 1.82) is 0 Å². The molecule has 0 bridgehead atoms. The minimum absolute atomic E-state index is 0.423. The Morgan fingerprint density at radius 1 is 0.950 bits per heavy atom. The lowest BCUT2D eigenvalue weighted by Crippen LogP contribution is -2.19. The van der Waals surface area contributed by atoms with E-state index >= 15 is 0 Å². The highest BCUT2D eigenvalue weighted by Gasteiger charge is 2.22. The third-order valence-corrected chi connectivity index (χ3v) is 5.56. The van der Waals surface area contributed by atoms with Crippen LogP contribution in [0.4, 0.5) is 0 Å². The van der Waals surface area contributed by atoms with Crippen LogP contribution in [0, 0.1) is 17.8 Å². The van der Waals surface area contributed by atoms with Crippen molar-refractivity contribution >= 4 is 5.78 Å². The second kappa shape index (κ2) is 8.64. The molecule has 0 aromatic carbocycles. The van der Waals surface area contributed by atoms with Crippen LogP contribution >= 0.6 is 0 Å². The fraction of sp³-hybridized carbons (Fsp3) is 0.842. The summed E-state index contributed by atoms with van der Waals surface area (Å²) in [5, 5.41) is 0. The average molecular weight is 276 g/mol. The first-order valence-corrected chi connectivity index (χ1v) is 8.93. The minimum atomic E-state index is 0.423.